The van der Waals surface area contributed by atoms with Crippen molar-refractivity contribution in [3.63, 3.8) is 0 Å². The predicted molar refractivity (Wildman–Crippen MR) is 71.8 cm³/mol. The topological polar surface area (TPSA) is 72.2 Å². The highest BCUT2D eigenvalue weighted by Gasteiger charge is 2.21. The van der Waals surface area contributed by atoms with Crippen LogP contribution in [0.1, 0.15) is 25.6 Å². The largest absolute Gasteiger partial charge is 0.366 e. The number of benzene rings is 1. The van der Waals surface area contributed by atoms with Gasteiger partial charge in [-0.05, 0) is 25.1 Å². The van der Waals surface area contributed by atoms with E-state index in [-0.39, 0.29) is 10.6 Å². The first-order valence-corrected chi connectivity index (χ1v) is 6.48. The summed E-state index contributed by atoms with van der Waals surface area (Å²) in [6, 6.07) is 2.92. The Balaban J connectivity index is 2.35. The Bertz CT molecular complexity index is 743. The molecule has 0 saturated heterocycles. The third-order valence-electron chi connectivity index (χ3n) is 2.63. The molecule has 0 unspecified atom stereocenters. The molecular weight excluding hydrogens is 305 g/mol. The number of hydrogen-bond acceptors (Lipinski definition) is 3. The zero-order valence-corrected chi connectivity index (χ0v) is 11.5. The normalized spacial score (nSPS) is 10.5. The fraction of sp³-hybridized carbons (Fsp3) is 0.0769. The van der Waals surface area contributed by atoms with E-state index in [1.807, 2.05) is 0 Å². The zero-order chi connectivity index (χ0) is 15.7. The summed E-state index contributed by atoms with van der Waals surface area (Å²) in [5.74, 6) is -6.49. The minimum atomic E-state index is -1.74. The van der Waals surface area contributed by atoms with Crippen molar-refractivity contribution in [3.8, 4) is 0 Å². The summed E-state index contributed by atoms with van der Waals surface area (Å²) in [6.45, 7) is 1.69. The van der Waals surface area contributed by atoms with Crippen LogP contribution in [-0.4, -0.2) is 11.8 Å². The van der Waals surface area contributed by atoms with E-state index < -0.39 is 34.8 Å². The summed E-state index contributed by atoms with van der Waals surface area (Å²) in [4.78, 5) is 23.8. The fourth-order valence-corrected chi connectivity index (χ4v) is 2.57. The van der Waals surface area contributed by atoms with Gasteiger partial charge in [-0.1, -0.05) is 0 Å². The number of thiophene rings is 1. The van der Waals surface area contributed by atoms with Crippen LogP contribution >= 0.6 is 11.3 Å². The first-order valence-electron chi connectivity index (χ1n) is 5.66. The molecule has 0 aliphatic heterocycles. The highest BCUT2D eigenvalue weighted by Crippen LogP contribution is 2.28. The van der Waals surface area contributed by atoms with Crippen LogP contribution in [0.5, 0.6) is 0 Å². The van der Waals surface area contributed by atoms with Crippen molar-refractivity contribution in [1.82, 2.24) is 0 Å². The van der Waals surface area contributed by atoms with E-state index in [0.717, 1.165) is 17.4 Å². The average molecular weight is 314 g/mol. The fourth-order valence-electron chi connectivity index (χ4n) is 1.66. The van der Waals surface area contributed by atoms with Crippen molar-refractivity contribution in [2.24, 2.45) is 5.73 Å². The van der Waals surface area contributed by atoms with Gasteiger partial charge in [0.05, 0.1) is 11.1 Å². The van der Waals surface area contributed by atoms with Crippen molar-refractivity contribution < 1.29 is 22.8 Å². The maximum atomic E-state index is 13.5. The van der Waals surface area contributed by atoms with E-state index in [1.54, 1.807) is 6.92 Å². The molecule has 0 atom stereocenters. The second-order valence-electron chi connectivity index (χ2n) is 4.14. The average Bonchev–Trinajstić information content (AvgIpc) is 2.77. The Morgan fingerprint density at radius 3 is 2.43 bits per heavy atom. The van der Waals surface area contributed by atoms with Crippen LogP contribution in [0.4, 0.5) is 18.2 Å². The molecule has 0 aliphatic rings. The minimum absolute atomic E-state index is 0.0637. The molecule has 21 heavy (non-hydrogen) atoms. The van der Waals surface area contributed by atoms with E-state index in [0.29, 0.717) is 10.9 Å². The number of anilines is 1. The molecule has 2 amide bonds. The molecule has 0 radical (unpaired) electrons. The van der Waals surface area contributed by atoms with Gasteiger partial charge in [-0.25, -0.2) is 13.2 Å². The van der Waals surface area contributed by atoms with Gasteiger partial charge in [0.1, 0.15) is 5.00 Å². The lowest BCUT2D eigenvalue weighted by Gasteiger charge is -2.06. The van der Waals surface area contributed by atoms with Gasteiger partial charge in [0.15, 0.2) is 17.5 Å². The molecule has 3 N–H and O–H groups in total. The van der Waals surface area contributed by atoms with E-state index in [4.69, 9.17) is 5.73 Å². The van der Waals surface area contributed by atoms with Gasteiger partial charge in [-0.2, -0.15) is 0 Å². The second-order valence-corrected chi connectivity index (χ2v) is 5.40. The van der Waals surface area contributed by atoms with Crippen molar-refractivity contribution in [3.05, 3.63) is 51.7 Å². The summed E-state index contributed by atoms with van der Waals surface area (Å²) in [7, 11) is 0. The van der Waals surface area contributed by atoms with Gasteiger partial charge in [-0.15, -0.1) is 11.3 Å². The van der Waals surface area contributed by atoms with Crippen LogP contribution in [0, 0.1) is 24.4 Å². The highest BCUT2D eigenvalue weighted by atomic mass is 32.1. The first kappa shape index (κ1) is 15.0. The van der Waals surface area contributed by atoms with E-state index in [1.165, 1.54) is 6.07 Å². The number of rotatable bonds is 3. The van der Waals surface area contributed by atoms with Gasteiger partial charge >= 0.3 is 0 Å². The van der Waals surface area contributed by atoms with Gasteiger partial charge < -0.3 is 11.1 Å². The van der Waals surface area contributed by atoms with Crippen molar-refractivity contribution in [2.75, 3.05) is 5.32 Å². The Morgan fingerprint density at radius 1 is 1.14 bits per heavy atom. The number of aryl methyl sites for hydroxylation is 1. The summed E-state index contributed by atoms with van der Waals surface area (Å²) in [5, 5.41) is 2.39. The molecule has 1 aromatic carbocycles. The third-order valence-corrected chi connectivity index (χ3v) is 3.59. The van der Waals surface area contributed by atoms with Crippen LogP contribution < -0.4 is 11.1 Å². The molecule has 4 nitrogen and oxygen atoms in total. The second kappa shape index (κ2) is 5.57. The van der Waals surface area contributed by atoms with E-state index >= 15 is 0 Å². The molecule has 0 spiro atoms. The van der Waals surface area contributed by atoms with Crippen molar-refractivity contribution in [2.45, 2.75) is 6.92 Å². The highest BCUT2D eigenvalue weighted by molar-refractivity contribution is 7.16. The quantitative estimate of drug-likeness (QED) is 0.855. The Labute approximate surface area is 121 Å². The number of nitrogens with one attached hydrogen (secondary N) is 1. The standard InChI is InChI=1S/C13H9F3N2O2S/c1-5-4-7(11(17)19)13(21-5)18-12(20)6-2-3-8(14)10(16)9(6)15/h2-4H,1H3,(H2,17,19)(H,18,20). The van der Waals surface area contributed by atoms with Crippen LogP contribution in [0.2, 0.25) is 0 Å². The van der Waals surface area contributed by atoms with Crippen LogP contribution in [0.15, 0.2) is 18.2 Å². The monoisotopic (exact) mass is 314 g/mol. The number of primary amides is 1. The molecule has 8 heteroatoms. The van der Waals surface area contributed by atoms with E-state index in [2.05, 4.69) is 5.32 Å². The zero-order valence-electron chi connectivity index (χ0n) is 10.7. The summed E-state index contributed by atoms with van der Waals surface area (Å²) < 4.78 is 39.4. The number of carbonyl (C=O) groups is 2. The molecule has 1 heterocycles. The lowest BCUT2D eigenvalue weighted by Crippen LogP contribution is -2.18. The SMILES string of the molecule is Cc1cc(C(N)=O)c(NC(=O)c2ccc(F)c(F)c2F)s1. The van der Waals surface area contributed by atoms with Crippen LogP contribution in [-0.2, 0) is 0 Å². The maximum Gasteiger partial charge on any atom is 0.259 e. The van der Waals surface area contributed by atoms with Gasteiger partial charge in [0.2, 0.25) is 0 Å². The lowest BCUT2D eigenvalue weighted by molar-refractivity contribution is 0.100. The molecule has 2 aromatic rings. The van der Waals surface area contributed by atoms with Crippen LogP contribution in [0.25, 0.3) is 0 Å². The molecular formula is C13H9F3N2O2S. The van der Waals surface area contributed by atoms with Gasteiger partial charge in [-0.3, -0.25) is 9.59 Å². The molecule has 0 aliphatic carbocycles. The number of nitrogens with two attached hydrogens (primary N) is 1. The number of halogens is 3. The Kier molecular flexibility index (Phi) is 3.99. The third kappa shape index (κ3) is 2.89. The van der Waals surface area contributed by atoms with Crippen LogP contribution in [0.3, 0.4) is 0 Å². The first-order chi connectivity index (χ1) is 9.81. The van der Waals surface area contributed by atoms with E-state index in [9.17, 15) is 22.8 Å². The summed E-state index contributed by atoms with van der Waals surface area (Å²) in [6.07, 6.45) is 0. The lowest BCUT2D eigenvalue weighted by atomic mass is 10.2. The summed E-state index contributed by atoms with van der Waals surface area (Å²) in [5.41, 5.74) is 4.54. The molecule has 0 fully saturated rings. The smallest absolute Gasteiger partial charge is 0.259 e. The Morgan fingerprint density at radius 2 is 1.81 bits per heavy atom. The number of hydrogen-bond donors (Lipinski definition) is 2. The summed E-state index contributed by atoms with van der Waals surface area (Å²) >= 11 is 1.06. The minimum Gasteiger partial charge on any atom is -0.366 e. The number of carbonyl (C=O) groups excluding carboxylic acids is 2. The molecule has 0 saturated carbocycles. The van der Waals surface area contributed by atoms with Gasteiger partial charge in [0, 0.05) is 4.88 Å². The molecule has 110 valence electrons. The molecule has 0 bridgehead atoms. The van der Waals surface area contributed by atoms with Gasteiger partial charge in [0.25, 0.3) is 11.8 Å². The molecule has 1 aromatic heterocycles. The van der Waals surface area contributed by atoms with Crippen molar-refractivity contribution >= 4 is 28.2 Å². The maximum absolute atomic E-state index is 13.5. The van der Waals surface area contributed by atoms with Crippen molar-refractivity contribution in [1.29, 1.82) is 0 Å². The number of amides is 2. The Hall–Kier alpha value is -2.35. The predicted octanol–water partition coefficient (Wildman–Crippen LogP) is 2.83. The molecule has 2 rings (SSSR count).